The highest BCUT2D eigenvalue weighted by Crippen LogP contribution is 2.28. The molecule has 20 heavy (non-hydrogen) atoms. The van der Waals surface area contributed by atoms with Gasteiger partial charge in [-0.1, -0.05) is 6.92 Å². The van der Waals surface area contributed by atoms with Crippen LogP contribution in [0.4, 0.5) is 5.82 Å². The summed E-state index contributed by atoms with van der Waals surface area (Å²) in [6, 6.07) is 3.61. The first kappa shape index (κ1) is 14.2. The minimum absolute atomic E-state index is 0.134. The summed E-state index contributed by atoms with van der Waals surface area (Å²) >= 11 is 0. The van der Waals surface area contributed by atoms with E-state index in [4.69, 9.17) is 10.5 Å². The monoisotopic (exact) mass is 273 g/mol. The topological polar surface area (TPSA) is 86.0 Å². The average molecular weight is 273 g/mol. The Hall–Kier alpha value is -2.21. The molecule has 3 N–H and O–H groups in total. The molecule has 6 nitrogen and oxygen atoms in total. The van der Waals surface area contributed by atoms with Crippen LogP contribution >= 0.6 is 0 Å². The first-order chi connectivity index (χ1) is 9.67. The molecule has 2 rings (SSSR count). The van der Waals surface area contributed by atoms with Crippen molar-refractivity contribution in [3.05, 3.63) is 41.5 Å². The molecule has 0 spiro atoms. The minimum atomic E-state index is -0.134. The zero-order valence-corrected chi connectivity index (χ0v) is 11.9. The van der Waals surface area contributed by atoms with E-state index in [9.17, 15) is 0 Å². The molecule has 0 radical (unpaired) electrons. The van der Waals surface area contributed by atoms with Gasteiger partial charge in [0.05, 0.1) is 18.8 Å². The number of nitrogens with one attached hydrogen (secondary N) is 1. The van der Waals surface area contributed by atoms with Crippen LogP contribution < -0.4 is 15.8 Å². The lowest BCUT2D eigenvalue weighted by molar-refractivity contribution is 0.395. The molecule has 1 unspecified atom stereocenters. The highest BCUT2D eigenvalue weighted by molar-refractivity contribution is 5.49. The summed E-state index contributed by atoms with van der Waals surface area (Å²) in [6.07, 6.45) is 3.19. The van der Waals surface area contributed by atoms with Crippen molar-refractivity contribution in [2.45, 2.75) is 19.9 Å². The van der Waals surface area contributed by atoms with Gasteiger partial charge < -0.3 is 15.8 Å². The molecular formula is C14H19N5O. The molecule has 0 aromatic carbocycles. The first-order valence-electron chi connectivity index (χ1n) is 6.47. The normalized spacial score (nSPS) is 12.2. The van der Waals surface area contributed by atoms with Gasteiger partial charge in [0.2, 0.25) is 5.88 Å². The van der Waals surface area contributed by atoms with E-state index in [1.54, 1.807) is 19.4 Å². The molecule has 0 aliphatic rings. The van der Waals surface area contributed by atoms with E-state index < -0.39 is 0 Å². The predicted octanol–water partition coefficient (Wildman–Crippen LogP) is 1.47. The van der Waals surface area contributed by atoms with E-state index in [2.05, 4.69) is 20.3 Å². The molecule has 0 bridgehead atoms. The number of nitrogen functional groups attached to an aromatic ring is 1. The molecule has 0 aliphatic carbocycles. The van der Waals surface area contributed by atoms with Gasteiger partial charge >= 0.3 is 0 Å². The van der Waals surface area contributed by atoms with Crippen LogP contribution in [-0.4, -0.2) is 28.6 Å². The fourth-order valence-electron chi connectivity index (χ4n) is 2.15. The van der Waals surface area contributed by atoms with Gasteiger partial charge in [-0.05, 0) is 25.1 Å². The van der Waals surface area contributed by atoms with Crippen molar-refractivity contribution in [1.82, 2.24) is 20.3 Å². The molecule has 2 aromatic rings. The minimum Gasteiger partial charge on any atom is -0.481 e. The summed E-state index contributed by atoms with van der Waals surface area (Å²) in [4.78, 5) is 12.5. The zero-order valence-electron chi connectivity index (χ0n) is 11.9. The van der Waals surface area contributed by atoms with E-state index in [1.807, 2.05) is 19.9 Å². The largest absolute Gasteiger partial charge is 0.481 e. The maximum atomic E-state index is 6.03. The number of rotatable bonds is 5. The Balaban J connectivity index is 2.50. The van der Waals surface area contributed by atoms with Gasteiger partial charge in [0.25, 0.3) is 0 Å². The quantitative estimate of drug-likeness (QED) is 0.858. The van der Waals surface area contributed by atoms with Gasteiger partial charge in [-0.15, -0.1) is 0 Å². The number of pyridine rings is 1. The van der Waals surface area contributed by atoms with Crippen LogP contribution in [0.3, 0.4) is 0 Å². The Labute approximate surface area is 118 Å². The summed E-state index contributed by atoms with van der Waals surface area (Å²) in [7, 11) is 1.58. The standard InChI is InChI=1S/C14H19N5O/c1-4-16-13(10-7-11(20-3)19-8-18-10)12-9(2)5-6-17-14(12)15/h5-8,13,16H,4H2,1-3H3,(H2,15,17). The molecule has 1 atom stereocenters. The van der Waals surface area contributed by atoms with Crippen LogP contribution in [0.1, 0.15) is 29.8 Å². The van der Waals surface area contributed by atoms with Gasteiger partial charge in [0, 0.05) is 17.8 Å². The molecule has 106 valence electrons. The van der Waals surface area contributed by atoms with Crippen LogP contribution in [0, 0.1) is 6.92 Å². The lowest BCUT2D eigenvalue weighted by atomic mass is 9.99. The summed E-state index contributed by atoms with van der Waals surface area (Å²) in [5.74, 6) is 1.03. The van der Waals surface area contributed by atoms with Crippen molar-refractivity contribution in [2.75, 3.05) is 19.4 Å². The number of nitrogens with zero attached hydrogens (tertiary/aromatic N) is 3. The van der Waals surface area contributed by atoms with E-state index in [0.717, 1.165) is 23.4 Å². The van der Waals surface area contributed by atoms with E-state index in [1.165, 1.54) is 6.33 Å². The number of anilines is 1. The number of aryl methyl sites for hydroxylation is 1. The smallest absolute Gasteiger partial charge is 0.216 e. The van der Waals surface area contributed by atoms with E-state index in [-0.39, 0.29) is 6.04 Å². The summed E-state index contributed by atoms with van der Waals surface area (Å²) < 4.78 is 5.15. The third kappa shape index (κ3) is 2.85. The summed E-state index contributed by atoms with van der Waals surface area (Å²) in [5.41, 5.74) is 8.85. The van der Waals surface area contributed by atoms with Crippen molar-refractivity contribution in [3.63, 3.8) is 0 Å². The number of hydrogen-bond donors (Lipinski definition) is 2. The molecule has 0 fully saturated rings. The van der Waals surface area contributed by atoms with Gasteiger partial charge in [0.15, 0.2) is 0 Å². The second-order valence-corrected chi connectivity index (χ2v) is 4.40. The fourth-order valence-corrected chi connectivity index (χ4v) is 2.15. The van der Waals surface area contributed by atoms with Crippen LogP contribution in [0.15, 0.2) is 24.7 Å². The zero-order chi connectivity index (χ0) is 14.5. The molecule has 6 heteroatoms. The second-order valence-electron chi connectivity index (χ2n) is 4.40. The second kappa shape index (κ2) is 6.29. The van der Waals surface area contributed by atoms with E-state index >= 15 is 0 Å². The molecule has 2 heterocycles. The molecule has 0 aliphatic heterocycles. The van der Waals surface area contributed by atoms with Crippen molar-refractivity contribution >= 4 is 5.82 Å². The van der Waals surface area contributed by atoms with Gasteiger partial charge in [-0.3, -0.25) is 0 Å². The van der Waals surface area contributed by atoms with Gasteiger partial charge in [-0.25, -0.2) is 15.0 Å². The number of nitrogens with two attached hydrogens (primary N) is 1. The van der Waals surface area contributed by atoms with Crippen molar-refractivity contribution < 1.29 is 4.74 Å². The Morgan fingerprint density at radius 3 is 2.80 bits per heavy atom. The molecular weight excluding hydrogens is 254 g/mol. The average Bonchev–Trinajstić information content (AvgIpc) is 2.46. The number of hydrogen-bond acceptors (Lipinski definition) is 6. The van der Waals surface area contributed by atoms with Crippen molar-refractivity contribution in [2.24, 2.45) is 0 Å². The molecule has 0 amide bonds. The van der Waals surface area contributed by atoms with Crippen LogP contribution in [0.25, 0.3) is 0 Å². The predicted molar refractivity (Wildman–Crippen MR) is 77.5 cm³/mol. The third-order valence-electron chi connectivity index (χ3n) is 3.10. The van der Waals surface area contributed by atoms with Crippen LogP contribution in [0.2, 0.25) is 0 Å². The third-order valence-corrected chi connectivity index (χ3v) is 3.10. The fraction of sp³-hybridized carbons (Fsp3) is 0.357. The molecule has 0 saturated carbocycles. The van der Waals surface area contributed by atoms with Crippen molar-refractivity contribution in [1.29, 1.82) is 0 Å². The van der Waals surface area contributed by atoms with Gasteiger partial charge in [-0.2, -0.15) is 0 Å². The first-order valence-corrected chi connectivity index (χ1v) is 6.47. The molecule has 0 saturated heterocycles. The van der Waals surface area contributed by atoms with Crippen molar-refractivity contribution in [3.8, 4) is 5.88 Å². The Morgan fingerprint density at radius 1 is 1.35 bits per heavy atom. The number of ether oxygens (including phenoxy) is 1. The maximum Gasteiger partial charge on any atom is 0.216 e. The Morgan fingerprint density at radius 2 is 2.15 bits per heavy atom. The summed E-state index contributed by atoms with van der Waals surface area (Å²) in [5, 5.41) is 3.38. The van der Waals surface area contributed by atoms with E-state index in [0.29, 0.717) is 11.7 Å². The molecule has 2 aromatic heterocycles. The van der Waals surface area contributed by atoms with Crippen LogP contribution in [-0.2, 0) is 0 Å². The van der Waals surface area contributed by atoms with Gasteiger partial charge in [0.1, 0.15) is 12.1 Å². The number of methoxy groups -OCH3 is 1. The highest BCUT2D eigenvalue weighted by Gasteiger charge is 2.20. The SMILES string of the molecule is CCNC(c1cc(OC)ncn1)c1c(C)ccnc1N. The summed E-state index contributed by atoms with van der Waals surface area (Å²) in [6.45, 7) is 4.83. The lowest BCUT2D eigenvalue weighted by Gasteiger charge is -2.21. The lowest BCUT2D eigenvalue weighted by Crippen LogP contribution is -2.25. The Bertz CT molecular complexity index is 567. The maximum absolute atomic E-state index is 6.03. The highest BCUT2D eigenvalue weighted by atomic mass is 16.5. The van der Waals surface area contributed by atoms with Crippen LogP contribution in [0.5, 0.6) is 5.88 Å². The Kier molecular flexibility index (Phi) is 4.47. The number of aromatic nitrogens is 3.